The zero-order valence-electron chi connectivity index (χ0n) is 14.1. The molecule has 25 heavy (non-hydrogen) atoms. The van der Waals surface area contributed by atoms with Crippen molar-refractivity contribution in [3.05, 3.63) is 64.2 Å². The van der Waals surface area contributed by atoms with Crippen molar-refractivity contribution in [3.8, 4) is 0 Å². The predicted molar refractivity (Wildman–Crippen MR) is 98.2 cm³/mol. The van der Waals surface area contributed by atoms with Crippen LogP contribution in [0.3, 0.4) is 0 Å². The minimum atomic E-state index is -0.509. The molecule has 1 amide bonds. The van der Waals surface area contributed by atoms with Crippen molar-refractivity contribution in [2.45, 2.75) is 32.2 Å². The number of nitro groups is 1. The summed E-state index contributed by atoms with van der Waals surface area (Å²) in [4.78, 5) is 25.0. The van der Waals surface area contributed by atoms with Gasteiger partial charge in [-0.1, -0.05) is 6.07 Å². The van der Waals surface area contributed by atoms with Gasteiger partial charge in [-0.25, -0.2) is 0 Å². The van der Waals surface area contributed by atoms with Crippen LogP contribution in [-0.4, -0.2) is 23.4 Å². The molecular formula is C19H21N3O3. The maximum absolute atomic E-state index is 12.3. The quantitative estimate of drug-likeness (QED) is 0.668. The molecule has 1 atom stereocenters. The van der Waals surface area contributed by atoms with Crippen LogP contribution in [0.4, 0.5) is 17.1 Å². The molecule has 0 aliphatic carbocycles. The van der Waals surface area contributed by atoms with Gasteiger partial charge in [0.15, 0.2) is 0 Å². The van der Waals surface area contributed by atoms with Gasteiger partial charge in [-0.15, -0.1) is 0 Å². The molecule has 130 valence electrons. The highest BCUT2D eigenvalue weighted by atomic mass is 16.6. The Morgan fingerprint density at radius 3 is 2.64 bits per heavy atom. The summed E-state index contributed by atoms with van der Waals surface area (Å²) in [6.07, 6.45) is 3.68. The number of hydrogen-bond acceptors (Lipinski definition) is 4. The maximum Gasteiger partial charge on any atom is 0.270 e. The van der Waals surface area contributed by atoms with Crippen LogP contribution in [0.2, 0.25) is 0 Å². The average Bonchev–Trinajstić information content (AvgIpc) is 2.63. The standard InChI is InChI=1S/C19H21N3O3/c1-14-5-2-3-12-21(14)17-10-8-16(9-11-17)20-19(23)15-6-4-7-18(13-15)22(24)25/h4,6-11,13-14H,2-3,5,12H2,1H3,(H,20,23)/t14-/m0/s1. The third-order valence-corrected chi connectivity index (χ3v) is 4.58. The van der Waals surface area contributed by atoms with Crippen LogP contribution in [0.25, 0.3) is 0 Å². The first-order valence-electron chi connectivity index (χ1n) is 8.47. The molecule has 1 fully saturated rings. The number of nitrogens with zero attached hydrogens (tertiary/aromatic N) is 2. The van der Waals surface area contributed by atoms with Crippen molar-refractivity contribution < 1.29 is 9.72 Å². The van der Waals surface area contributed by atoms with Gasteiger partial charge in [-0.2, -0.15) is 0 Å². The van der Waals surface area contributed by atoms with Crippen molar-refractivity contribution in [2.75, 3.05) is 16.8 Å². The summed E-state index contributed by atoms with van der Waals surface area (Å²) in [5.74, 6) is -0.359. The molecule has 1 aliphatic heterocycles. The Labute approximate surface area is 146 Å². The molecule has 2 aromatic carbocycles. The van der Waals surface area contributed by atoms with Gasteiger partial charge in [-0.05, 0) is 56.5 Å². The van der Waals surface area contributed by atoms with Gasteiger partial charge in [0, 0.05) is 41.7 Å². The van der Waals surface area contributed by atoms with Gasteiger partial charge in [0.25, 0.3) is 11.6 Å². The summed E-state index contributed by atoms with van der Waals surface area (Å²) in [6, 6.07) is 14.0. The van der Waals surface area contributed by atoms with Crippen molar-refractivity contribution >= 4 is 23.0 Å². The predicted octanol–water partition coefficient (Wildman–Crippen LogP) is 4.23. The van der Waals surface area contributed by atoms with Gasteiger partial charge in [-0.3, -0.25) is 14.9 Å². The normalized spacial score (nSPS) is 17.2. The molecule has 0 bridgehead atoms. The second-order valence-electron chi connectivity index (χ2n) is 6.35. The van der Waals surface area contributed by atoms with E-state index >= 15 is 0 Å². The Kier molecular flexibility index (Phi) is 4.97. The Morgan fingerprint density at radius 1 is 1.20 bits per heavy atom. The number of anilines is 2. The SMILES string of the molecule is C[C@H]1CCCCN1c1ccc(NC(=O)c2cccc([N+](=O)[O-])c2)cc1. The molecular weight excluding hydrogens is 318 g/mol. The number of carbonyl (C=O) groups excluding carboxylic acids is 1. The van der Waals surface area contributed by atoms with Gasteiger partial charge in [0.1, 0.15) is 0 Å². The molecule has 0 spiro atoms. The fourth-order valence-corrected chi connectivity index (χ4v) is 3.18. The highest BCUT2D eigenvalue weighted by Gasteiger charge is 2.18. The van der Waals surface area contributed by atoms with E-state index in [0.29, 0.717) is 11.7 Å². The lowest BCUT2D eigenvalue weighted by Gasteiger charge is -2.35. The first-order chi connectivity index (χ1) is 12.0. The second-order valence-corrected chi connectivity index (χ2v) is 6.35. The number of hydrogen-bond donors (Lipinski definition) is 1. The van der Waals surface area contributed by atoms with Crippen molar-refractivity contribution in [1.82, 2.24) is 0 Å². The van der Waals surface area contributed by atoms with E-state index in [-0.39, 0.29) is 17.2 Å². The zero-order chi connectivity index (χ0) is 17.8. The highest BCUT2D eigenvalue weighted by Crippen LogP contribution is 2.26. The van der Waals surface area contributed by atoms with Crippen molar-refractivity contribution in [1.29, 1.82) is 0 Å². The number of rotatable bonds is 4. The van der Waals surface area contributed by atoms with Crippen molar-refractivity contribution in [3.63, 3.8) is 0 Å². The van der Waals surface area contributed by atoms with Crippen LogP contribution in [0.1, 0.15) is 36.5 Å². The lowest BCUT2D eigenvalue weighted by Crippen LogP contribution is -2.37. The van der Waals surface area contributed by atoms with E-state index in [1.54, 1.807) is 6.07 Å². The minimum absolute atomic E-state index is 0.0953. The fourth-order valence-electron chi connectivity index (χ4n) is 3.18. The highest BCUT2D eigenvalue weighted by molar-refractivity contribution is 6.04. The lowest BCUT2D eigenvalue weighted by atomic mass is 10.0. The monoisotopic (exact) mass is 339 g/mol. The number of nitrogens with one attached hydrogen (secondary N) is 1. The molecule has 0 radical (unpaired) electrons. The lowest BCUT2D eigenvalue weighted by molar-refractivity contribution is -0.384. The third-order valence-electron chi connectivity index (χ3n) is 4.58. The fraction of sp³-hybridized carbons (Fsp3) is 0.316. The van der Waals surface area contributed by atoms with Crippen molar-refractivity contribution in [2.24, 2.45) is 0 Å². The van der Waals surface area contributed by atoms with Crippen LogP contribution in [0.15, 0.2) is 48.5 Å². The zero-order valence-corrected chi connectivity index (χ0v) is 14.1. The van der Waals surface area contributed by atoms with Crippen LogP contribution in [0.5, 0.6) is 0 Å². The molecule has 1 heterocycles. The minimum Gasteiger partial charge on any atom is -0.369 e. The van der Waals surface area contributed by atoms with Gasteiger partial charge < -0.3 is 10.2 Å². The van der Waals surface area contributed by atoms with E-state index in [1.807, 2.05) is 24.3 Å². The molecule has 0 saturated carbocycles. The van der Waals surface area contributed by atoms with E-state index in [4.69, 9.17) is 0 Å². The average molecular weight is 339 g/mol. The summed E-state index contributed by atoms with van der Waals surface area (Å²) < 4.78 is 0. The smallest absolute Gasteiger partial charge is 0.270 e. The summed E-state index contributed by atoms with van der Waals surface area (Å²) in [5, 5.41) is 13.6. The molecule has 3 rings (SSSR count). The molecule has 2 aromatic rings. The van der Waals surface area contributed by atoms with Gasteiger partial charge in [0.05, 0.1) is 4.92 Å². The molecule has 0 unspecified atom stereocenters. The largest absolute Gasteiger partial charge is 0.369 e. The molecule has 0 aromatic heterocycles. The van der Waals surface area contributed by atoms with Crippen LogP contribution in [-0.2, 0) is 0 Å². The number of piperidine rings is 1. The Bertz CT molecular complexity index is 774. The second kappa shape index (κ2) is 7.34. The van der Waals surface area contributed by atoms with E-state index in [0.717, 1.165) is 12.2 Å². The number of nitro benzene ring substituents is 1. The number of benzene rings is 2. The Morgan fingerprint density at radius 2 is 1.96 bits per heavy atom. The summed E-state index contributed by atoms with van der Waals surface area (Å²) in [7, 11) is 0. The number of non-ortho nitro benzene ring substituents is 1. The summed E-state index contributed by atoms with van der Waals surface area (Å²) in [5.41, 5.74) is 2.00. The van der Waals surface area contributed by atoms with E-state index in [9.17, 15) is 14.9 Å². The Hall–Kier alpha value is -2.89. The topological polar surface area (TPSA) is 75.5 Å². The van der Waals surface area contributed by atoms with E-state index in [1.165, 1.54) is 37.5 Å². The first-order valence-corrected chi connectivity index (χ1v) is 8.47. The van der Waals surface area contributed by atoms with Crippen LogP contribution < -0.4 is 10.2 Å². The number of amides is 1. The maximum atomic E-state index is 12.3. The van der Waals surface area contributed by atoms with E-state index < -0.39 is 4.92 Å². The molecule has 6 nitrogen and oxygen atoms in total. The van der Waals surface area contributed by atoms with Gasteiger partial charge >= 0.3 is 0 Å². The molecule has 6 heteroatoms. The number of carbonyl (C=O) groups is 1. The summed E-state index contributed by atoms with van der Waals surface area (Å²) in [6.45, 7) is 3.29. The van der Waals surface area contributed by atoms with Crippen LogP contribution in [0, 0.1) is 10.1 Å². The first kappa shape index (κ1) is 17.0. The third kappa shape index (κ3) is 3.96. The Balaban J connectivity index is 1.70. The van der Waals surface area contributed by atoms with Gasteiger partial charge in [0.2, 0.25) is 0 Å². The van der Waals surface area contributed by atoms with E-state index in [2.05, 4.69) is 17.1 Å². The van der Waals surface area contributed by atoms with Crippen LogP contribution >= 0.6 is 0 Å². The molecule has 1 saturated heterocycles. The molecule has 1 aliphatic rings. The molecule has 1 N–H and O–H groups in total. The summed E-state index contributed by atoms with van der Waals surface area (Å²) >= 11 is 0.